The van der Waals surface area contributed by atoms with Crippen molar-refractivity contribution in [2.75, 3.05) is 12.3 Å². The van der Waals surface area contributed by atoms with Crippen molar-refractivity contribution in [3.05, 3.63) is 47.3 Å². The van der Waals surface area contributed by atoms with E-state index < -0.39 is 10.0 Å². The highest BCUT2D eigenvalue weighted by Gasteiger charge is 2.23. The first-order valence-corrected chi connectivity index (χ1v) is 8.26. The molecule has 0 aliphatic rings. The molecule has 2 rings (SSSR count). The van der Waals surface area contributed by atoms with Crippen LogP contribution in [0.5, 0.6) is 0 Å². The molecule has 2 N–H and O–H groups in total. The summed E-state index contributed by atoms with van der Waals surface area (Å²) in [6.45, 7) is 4.14. The second-order valence-electron chi connectivity index (χ2n) is 4.81. The number of aromatic nitrogens is 1. The van der Waals surface area contributed by atoms with Crippen LogP contribution in [0.4, 0.5) is 5.69 Å². The summed E-state index contributed by atoms with van der Waals surface area (Å²) in [7, 11) is -3.47. The van der Waals surface area contributed by atoms with Crippen LogP contribution in [0.1, 0.15) is 23.9 Å². The van der Waals surface area contributed by atoms with Crippen LogP contribution in [0.2, 0.25) is 0 Å². The number of sulfonamides is 1. The Kier molecular flexibility index (Phi) is 4.64. The molecular formula is C14H19N3O3S. The van der Waals surface area contributed by atoms with Gasteiger partial charge in [-0.3, -0.25) is 0 Å². The molecule has 114 valence electrons. The molecule has 0 saturated heterocycles. The van der Waals surface area contributed by atoms with Gasteiger partial charge in [-0.2, -0.15) is 4.31 Å². The van der Waals surface area contributed by atoms with Crippen molar-refractivity contribution in [3.8, 4) is 0 Å². The van der Waals surface area contributed by atoms with Crippen LogP contribution in [0, 0.1) is 6.92 Å². The van der Waals surface area contributed by atoms with Gasteiger partial charge in [0.05, 0.1) is 0 Å². The van der Waals surface area contributed by atoms with Crippen LogP contribution in [-0.2, 0) is 22.3 Å². The lowest BCUT2D eigenvalue weighted by Gasteiger charge is -2.20. The zero-order chi connectivity index (χ0) is 15.5. The molecule has 1 aromatic carbocycles. The Hall–Kier alpha value is -1.86. The molecule has 0 spiro atoms. The van der Waals surface area contributed by atoms with Crippen molar-refractivity contribution in [3.63, 3.8) is 0 Å². The monoisotopic (exact) mass is 309 g/mol. The molecule has 7 heteroatoms. The molecule has 0 atom stereocenters. The van der Waals surface area contributed by atoms with Gasteiger partial charge in [-0.05, 0) is 18.6 Å². The average molecular weight is 309 g/mol. The van der Waals surface area contributed by atoms with Gasteiger partial charge in [0.25, 0.3) is 0 Å². The Morgan fingerprint density at radius 1 is 1.33 bits per heavy atom. The van der Waals surface area contributed by atoms with Gasteiger partial charge in [-0.1, -0.05) is 30.3 Å². The minimum Gasteiger partial charge on any atom is -0.398 e. The third kappa shape index (κ3) is 3.83. The fourth-order valence-electron chi connectivity index (χ4n) is 2.04. The third-order valence-corrected chi connectivity index (χ3v) is 4.99. The third-order valence-electron chi connectivity index (χ3n) is 3.15. The number of nitrogens with two attached hydrogens (primary N) is 1. The molecule has 0 saturated carbocycles. The van der Waals surface area contributed by atoms with Crippen molar-refractivity contribution < 1.29 is 12.9 Å². The smallest absolute Gasteiger partial charge is 0.220 e. The summed E-state index contributed by atoms with van der Waals surface area (Å²) >= 11 is 0. The minimum absolute atomic E-state index is 0.176. The molecule has 21 heavy (non-hydrogen) atoms. The molecular weight excluding hydrogens is 290 g/mol. The second-order valence-corrected chi connectivity index (χ2v) is 6.78. The Bertz CT molecular complexity index is 710. The number of nitrogens with zero attached hydrogens (tertiary/aromatic N) is 2. The first-order chi connectivity index (χ1) is 9.92. The van der Waals surface area contributed by atoms with Gasteiger partial charge in [0, 0.05) is 24.8 Å². The number of para-hydroxylation sites is 1. The summed E-state index contributed by atoms with van der Waals surface area (Å²) in [4.78, 5) is 0. The summed E-state index contributed by atoms with van der Waals surface area (Å²) < 4.78 is 31.2. The summed E-state index contributed by atoms with van der Waals surface area (Å²) in [6, 6.07) is 8.88. The maximum atomic E-state index is 12.5. The molecule has 0 radical (unpaired) electrons. The van der Waals surface area contributed by atoms with Crippen molar-refractivity contribution in [2.45, 2.75) is 26.1 Å². The van der Waals surface area contributed by atoms with Gasteiger partial charge in [0.2, 0.25) is 10.0 Å². The standard InChI is InChI=1S/C14H19N3O3S/c1-3-17(9-12-6-4-5-7-14(12)15)21(18,19)10-13-8-11(2)20-16-13/h4-8H,3,9-10,15H2,1-2H3. The lowest BCUT2D eigenvalue weighted by atomic mass is 10.2. The van der Waals surface area contributed by atoms with Crippen LogP contribution in [0.15, 0.2) is 34.9 Å². The number of hydrogen-bond donors (Lipinski definition) is 1. The predicted molar refractivity (Wildman–Crippen MR) is 80.8 cm³/mol. The Morgan fingerprint density at radius 2 is 2.05 bits per heavy atom. The van der Waals surface area contributed by atoms with Crippen molar-refractivity contribution in [1.29, 1.82) is 0 Å². The Balaban J connectivity index is 2.18. The zero-order valence-electron chi connectivity index (χ0n) is 12.1. The summed E-state index contributed by atoms with van der Waals surface area (Å²) in [5, 5.41) is 3.74. The van der Waals surface area contributed by atoms with Crippen LogP contribution >= 0.6 is 0 Å². The van der Waals surface area contributed by atoms with Crippen LogP contribution in [0.3, 0.4) is 0 Å². The van der Waals surface area contributed by atoms with Crippen LogP contribution < -0.4 is 5.73 Å². The van der Waals surface area contributed by atoms with E-state index in [1.54, 1.807) is 26.0 Å². The van der Waals surface area contributed by atoms with Crippen LogP contribution in [-0.4, -0.2) is 24.4 Å². The SMILES string of the molecule is CCN(Cc1ccccc1N)S(=O)(=O)Cc1cc(C)on1. The van der Waals surface area contributed by atoms with Gasteiger partial charge in [0.15, 0.2) is 0 Å². The quantitative estimate of drug-likeness (QED) is 0.823. The summed E-state index contributed by atoms with van der Waals surface area (Å²) in [5.41, 5.74) is 7.66. The molecule has 0 fully saturated rings. The topological polar surface area (TPSA) is 89.4 Å². The Morgan fingerprint density at radius 3 is 2.62 bits per heavy atom. The summed E-state index contributed by atoms with van der Waals surface area (Å²) in [6.07, 6.45) is 0. The maximum Gasteiger partial charge on any atom is 0.220 e. The maximum absolute atomic E-state index is 12.5. The molecule has 1 heterocycles. The number of anilines is 1. The number of nitrogen functional groups attached to an aromatic ring is 1. The fraction of sp³-hybridized carbons (Fsp3) is 0.357. The largest absolute Gasteiger partial charge is 0.398 e. The average Bonchev–Trinajstić information content (AvgIpc) is 2.82. The van der Waals surface area contributed by atoms with E-state index in [0.717, 1.165) is 5.56 Å². The molecule has 0 aliphatic heterocycles. The van der Waals surface area contributed by atoms with E-state index in [-0.39, 0.29) is 12.3 Å². The highest BCUT2D eigenvalue weighted by molar-refractivity contribution is 7.88. The van der Waals surface area contributed by atoms with E-state index in [1.165, 1.54) is 4.31 Å². The highest BCUT2D eigenvalue weighted by atomic mass is 32.2. The molecule has 1 aromatic heterocycles. The van der Waals surface area contributed by atoms with Crippen LogP contribution in [0.25, 0.3) is 0 Å². The summed E-state index contributed by atoms with van der Waals surface area (Å²) in [5.74, 6) is 0.417. The Labute approximate surface area is 124 Å². The number of rotatable bonds is 6. The van der Waals surface area contributed by atoms with E-state index >= 15 is 0 Å². The fourth-order valence-corrected chi connectivity index (χ4v) is 3.46. The van der Waals surface area contributed by atoms with Gasteiger partial charge in [-0.25, -0.2) is 8.42 Å². The molecule has 0 unspecified atom stereocenters. The van der Waals surface area contributed by atoms with Crippen molar-refractivity contribution >= 4 is 15.7 Å². The van der Waals surface area contributed by atoms with Gasteiger partial charge in [-0.15, -0.1) is 0 Å². The molecule has 0 aliphatic carbocycles. The van der Waals surface area contributed by atoms with Crippen molar-refractivity contribution in [2.24, 2.45) is 0 Å². The second kappa shape index (κ2) is 6.28. The van der Waals surface area contributed by atoms with E-state index in [9.17, 15) is 8.42 Å². The van der Waals surface area contributed by atoms with Gasteiger partial charge >= 0.3 is 0 Å². The highest BCUT2D eigenvalue weighted by Crippen LogP contribution is 2.18. The van der Waals surface area contributed by atoms with E-state index in [1.807, 2.05) is 18.2 Å². The normalized spacial score (nSPS) is 12.0. The van der Waals surface area contributed by atoms with E-state index in [4.69, 9.17) is 10.3 Å². The van der Waals surface area contributed by atoms with Crippen molar-refractivity contribution in [1.82, 2.24) is 9.46 Å². The lowest BCUT2D eigenvalue weighted by Crippen LogP contribution is -2.31. The first kappa shape index (κ1) is 15.5. The lowest BCUT2D eigenvalue weighted by molar-refractivity contribution is 0.389. The first-order valence-electron chi connectivity index (χ1n) is 6.65. The number of benzene rings is 1. The molecule has 2 aromatic rings. The van der Waals surface area contributed by atoms with E-state index in [0.29, 0.717) is 23.7 Å². The van der Waals surface area contributed by atoms with Gasteiger partial charge in [0.1, 0.15) is 17.2 Å². The zero-order valence-corrected chi connectivity index (χ0v) is 12.9. The molecule has 0 bridgehead atoms. The predicted octanol–water partition coefficient (Wildman–Crippen LogP) is 1.92. The number of hydrogen-bond acceptors (Lipinski definition) is 5. The number of aryl methyl sites for hydroxylation is 1. The molecule has 0 amide bonds. The molecule has 6 nitrogen and oxygen atoms in total. The van der Waals surface area contributed by atoms with Gasteiger partial charge < -0.3 is 10.3 Å². The minimum atomic E-state index is -3.47. The van der Waals surface area contributed by atoms with E-state index in [2.05, 4.69) is 5.16 Å².